The Labute approximate surface area is 159 Å². The van der Waals surface area contributed by atoms with Crippen molar-refractivity contribution in [3.8, 4) is 22.9 Å². The highest BCUT2D eigenvalue weighted by Crippen LogP contribution is 2.33. The average molecular weight is 380 g/mol. The highest BCUT2D eigenvalue weighted by molar-refractivity contribution is 7.99. The lowest BCUT2D eigenvalue weighted by Crippen LogP contribution is -2.13. The lowest BCUT2D eigenvalue weighted by Gasteiger charge is -2.02. The lowest BCUT2D eigenvalue weighted by molar-refractivity contribution is -0.115. The second-order valence-corrected chi connectivity index (χ2v) is 6.67. The zero-order valence-electron chi connectivity index (χ0n) is 14.2. The number of anilines is 1. The molecule has 136 valence electrons. The fourth-order valence-corrected chi connectivity index (χ4v) is 3.30. The van der Waals surface area contributed by atoms with Gasteiger partial charge >= 0.3 is 0 Å². The Morgan fingerprint density at radius 1 is 1.07 bits per heavy atom. The van der Waals surface area contributed by atoms with Gasteiger partial charge in [-0.25, -0.2) is 9.97 Å². The molecule has 0 radical (unpaired) electrons. The van der Waals surface area contributed by atoms with Gasteiger partial charge in [0, 0.05) is 18.4 Å². The standard InChI is InChI=1S/C19H16N4O3S/c24-16(21-15-7-1-2-9-20-15)8-12-27-19-22-17(13-5-3-10-25-13)18(23-19)14-6-4-11-26-14/h1-7,9-11H,8,12H2,(H,22,23)(H,20,21,24). The van der Waals surface area contributed by atoms with Crippen LogP contribution in [0.2, 0.25) is 0 Å². The van der Waals surface area contributed by atoms with Crippen molar-refractivity contribution in [2.24, 2.45) is 0 Å². The predicted octanol–water partition coefficient (Wildman–Crippen LogP) is 4.45. The van der Waals surface area contributed by atoms with Crippen molar-refractivity contribution >= 4 is 23.5 Å². The predicted molar refractivity (Wildman–Crippen MR) is 102 cm³/mol. The van der Waals surface area contributed by atoms with Crippen molar-refractivity contribution < 1.29 is 13.6 Å². The first-order chi connectivity index (χ1) is 13.3. The van der Waals surface area contributed by atoms with Crippen LogP contribution in [0.25, 0.3) is 22.9 Å². The molecular formula is C19H16N4O3S. The zero-order valence-corrected chi connectivity index (χ0v) is 15.0. The van der Waals surface area contributed by atoms with Crippen LogP contribution >= 0.6 is 11.8 Å². The molecule has 1 amide bonds. The number of thioether (sulfide) groups is 1. The van der Waals surface area contributed by atoms with Gasteiger partial charge in [0.15, 0.2) is 16.7 Å². The van der Waals surface area contributed by atoms with Crippen LogP contribution in [0, 0.1) is 0 Å². The van der Waals surface area contributed by atoms with E-state index in [1.165, 1.54) is 11.8 Å². The third-order valence-electron chi connectivity index (χ3n) is 3.70. The maximum Gasteiger partial charge on any atom is 0.226 e. The molecule has 4 rings (SSSR count). The van der Waals surface area contributed by atoms with Gasteiger partial charge in [-0.3, -0.25) is 4.79 Å². The van der Waals surface area contributed by atoms with Crippen molar-refractivity contribution in [3.05, 3.63) is 61.2 Å². The van der Waals surface area contributed by atoms with E-state index in [-0.39, 0.29) is 5.91 Å². The van der Waals surface area contributed by atoms with Gasteiger partial charge in [0.1, 0.15) is 17.2 Å². The molecule has 0 spiro atoms. The quantitative estimate of drug-likeness (QED) is 0.460. The van der Waals surface area contributed by atoms with Gasteiger partial charge in [-0.2, -0.15) is 0 Å². The minimum Gasteiger partial charge on any atom is -0.463 e. The Hall–Kier alpha value is -3.26. The Morgan fingerprint density at radius 2 is 1.89 bits per heavy atom. The van der Waals surface area contributed by atoms with Crippen LogP contribution in [0.1, 0.15) is 6.42 Å². The van der Waals surface area contributed by atoms with Crippen LogP contribution in [-0.4, -0.2) is 26.6 Å². The smallest absolute Gasteiger partial charge is 0.226 e. The lowest BCUT2D eigenvalue weighted by atomic mass is 10.2. The summed E-state index contributed by atoms with van der Waals surface area (Å²) in [6, 6.07) is 12.7. The number of nitrogens with zero attached hydrogens (tertiary/aromatic N) is 2. The molecule has 0 aromatic carbocycles. The van der Waals surface area contributed by atoms with Gasteiger partial charge in [0.25, 0.3) is 0 Å². The van der Waals surface area contributed by atoms with Gasteiger partial charge < -0.3 is 19.1 Å². The summed E-state index contributed by atoms with van der Waals surface area (Å²) in [4.78, 5) is 24.0. The molecule has 8 heteroatoms. The number of aromatic amines is 1. The zero-order chi connectivity index (χ0) is 18.5. The van der Waals surface area contributed by atoms with E-state index in [2.05, 4.69) is 20.3 Å². The van der Waals surface area contributed by atoms with E-state index in [4.69, 9.17) is 8.83 Å². The Balaban J connectivity index is 1.42. The van der Waals surface area contributed by atoms with Gasteiger partial charge in [-0.15, -0.1) is 0 Å². The van der Waals surface area contributed by atoms with Gasteiger partial charge in [0.05, 0.1) is 12.5 Å². The number of carbonyl (C=O) groups excluding carboxylic acids is 1. The highest BCUT2D eigenvalue weighted by atomic mass is 32.2. The molecule has 2 N–H and O–H groups in total. The van der Waals surface area contributed by atoms with Gasteiger partial charge in [-0.05, 0) is 36.4 Å². The summed E-state index contributed by atoms with van der Waals surface area (Å²) in [6.07, 6.45) is 5.19. The molecule has 4 aromatic rings. The minimum atomic E-state index is -0.0923. The molecular weight excluding hydrogens is 364 g/mol. The first kappa shape index (κ1) is 17.2. The van der Waals surface area contributed by atoms with Gasteiger partial charge in [-0.1, -0.05) is 17.8 Å². The molecule has 4 aromatic heterocycles. The molecule has 0 saturated heterocycles. The number of aromatic nitrogens is 3. The number of carbonyl (C=O) groups is 1. The number of rotatable bonds is 7. The molecule has 0 aliphatic rings. The summed E-state index contributed by atoms with van der Waals surface area (Å²) >= 11 is 1.46. The van der Waals surface area contributed by atoms with Crippen LogP contribution in [0.5, 0.6) is 0 Å². The Bertz CT molecular complexity index is 943. The largest absolute Gasteiger partial charge is 0.463 e. The minimum absolute atomic E-state index is 0.0923. The van der Waals surface area contributed by atoms with E-state index in [9.17, 15) is 4.79 Å². The van der Waals surface area contributed by atoms with Crippen LogP contribution in [0.15, 0.2) is 75.2 Å². The third-order valence-corrected chi connectivity index (χ3v) is 4.58. The molecule has 0 aliphatic heterocycles. The Morgan fingerprint density at radius 3 is 2.59 bits per heavy atom. The molecule has 0 aliphatic carbocycles. The summed E-state index contributed by atoms with van der Waals surface area (Å²) < 4.78 is 11.0. The first-order valence-electron chi connectivity index (χ1n) is 8.31. The topological polar surface area (TPSA) is 97.0 Å². The van der Waals surface area contributed by atoms with Crippen LogP contribution < -0.4 is 5.32 Å². The van der Waals surface area contributed by atoms with E-state index in [0.717, 1.165) is 5.69 Å². The van der Waals surface area contributed by atoms with Crippen LogP contribution in [0.3, 0.4) is 0 Å². The summed E-state index contributed by atoms with van der Waals surface area (Å²) in [5.74, 6) is 2.35. The number of amides is 1. The average Bonchev–Trinajstić information content (AvgIpc) is 3.43. The van der Waals surface area contributed by atoms with E-state index >= 15 is 0 Å². The van der Waals surface area contributed by atoms with Crippen LogP contribution in [-0.2, 0) is 4.79 Å². The second kappa shape index (κ2) is 7.96. The summed E-state index contributed by atoms with van der Waals surface area (Å²) in [5, 5.41) is 3.46. The molecule has 0 unspecified atom stereocenters. The van der Waals surface area contributed by atoms with Gasteiger partial charge in [0.2, 0.25) is 5.91 Å². The Kier molecular flexibility index (Phi) is 5.06. The number of H-pyrrole nitrogens is 1. The molecule has 27 heavy (non-hydrogen) atoms. The number of hydrogen-bond acceptors (Lipinski definition) is 6. The molecule has 0 fully saturated rings. The van der Waals surface area contributed by atoms with Crippen molar-refractivity contribution in [1.82, 2.24) is 15.0 Å². The van der Waals surface area contributed by atoms with E-state index in [1.807, 2.05) is 30.3 Å². The number of furan rings is 2. The maximum atomic E-state index is 12.0. The first-order valence-corrected chi connectivity index (χ1v) is 9.29. The van der Waals surface area contributed by atoms with E-state index in [0.29, 0.717) is 40.4 Å². The fraction of sp³-hybridized carbons (Fsp3) is 0.105. The molecule has 7 nitrogen and oxygen atoms in total. The second-order valence-electron chi connectivity index (χ2n) is 5.58. The normalized spacial score (nSPS) is 10.8. The number of nitrogens with one attached hydrogen (secondary N) is 2. The fourth-order valence-electron chi connectivity index (χ4n) is 2.49. The highest BCUT2D eigenvalue weighted by Gasteiger charge is 2.18. The summed E-state index contributed by atoms with van der Waals surface area (Å²) in [5.41, 5.74) is 1.42. The van der Waals surface area contributed by atoms with Crippen molar-refractivity contribution in [2.45, 2.75) is 11.6 Å². The number of hydrogen-bond donors (Lipinski definition) is 2. The van der Waals surface area contributed by atoms with E-state index < -0.39 is 0 Å². The molecule has 4 heterocycles. The third kappa shape index (κ3) is 4.12. The maximum absolute atomic E-state index is 12.0. The molecule has 0 bridgehead atoms. The van der Waals surface area contributed by atoms with Crippen molar-refractivity contribution in [1.29, 1.82) is 0 Å². The SMILES string of the molecule is O=C(CCSc1nc(-c2ccco2)c(-c2ccco2)[nH]1)Nc1ccccn1. The summed E-state index contributed by atoms with van der Waals surface area (Å²) in [7, 11) is 0. The van der Waals surface area contributed by atoms with E-state index in [1.54, 1.807) is 30.9 Å². The summed E-state index contributed by atoms with van der Waals surface area (Å²) in [6.45, 7) is 0. The van der Waals surface area contributed by atoms with Crippen molar-refractivity contribution in [2.75, 3.05) is 11.1 Å². The van der Waals surface area contributed by atoms with Crippen molar-refractivity contribution in [3.63, 3.8) is 0 Å². The molecule has 0 saturated carbocycles. The number of imidazole rings is 1. The number of pyridine rings is 1. The molecule has 0 atom stereocenters. The monoisotopic (exact) mass is 380 g/mol. The van der Waals surface area contributed by atoms with Crippen LogP contribution in [0.4, 0.5) is 5.82 Å².